The number of piperazine rings is 1. The highest BCUT2D eigenvalue weighted by atomic mass is 16.5. The molecule has 16 heavy (non-hydrogen) atoms. The van der Waals surface area contributed by atoms with Crippen molar-refractivity contribution in [3.63, 3.8) is 0 Å². The van der Waals surface area contributed by atoms with Gasteiger partial charge in [-0.25, -0.2) is 0 Å². The summed E-state index contributed by atoms with van der Waals surface area (Å²) in [5.74, 6) is -0.426. The van der Waals surface area contributed by atoms with E-state index in [0.29, 0.717) is 24.5 Å². The zero-order chi connectivity index (χ0) is 11.5. The number of hydrogen-bond donors (Lipinski definition) is 1. The molecule has 0 radical (unpaired) electrons. The summed E-state index contributed by atoms with van der Waals surface area (Å²) in [6.45, 7) is 0.958. The number of anilines is 1. The van der Waals surface area contributed by atoms with Gasteiger partial charge in [-0.2, -0.15) is 0 Å². The molecular weight excluding hydrogens is 208 g/mol. The third-order valence-electron chi connectivity index (χ3n) is 2.43. The van der Waals surface area contributed by atoms with Gasteiger partial charge in [0.2, 0.25) is 0 Å². The Hall–Kier alpha value is -2.04. The van der Waals surface area contributed by atoms with Crippen molar-refractivity contribution in [3.8, 4) is 5.75 Å². The van der Waals surface area contributed by atoms with Crippen molar-refractivity contribution < 1.29 is 14.3 Å². The summed E-state index contributed by atoms with van der Waals surface area (Å²) in [4.78, 5) is 24.2. The second-order valence-electron chi connectivity index (χ2n) is 3.41. The Labute approximate surface area is 93.0 Å². The lowest BCUT2D eigenvalue weighted by atomic mass is 10.2. The van der Waals surface area contributed by atoms with E-state index in [1.165, 1.54) is 4.90 Å². The smallest absolute Gasteiger partial charge is 0.316 e. The minimum absolute atomic E-state index is 0.474. The monoisotopic (exact) mass is 220 g/mol. The highest BCUT2D eigenvalue weighted by molar-refractivity contribution is 6.41. The fourth-order valence-corrected chi connectivity index (χ4v) is 1.61. The Bertz CT molecular complexity index is 431. The van der Waals surface area contributed by atoms with Crippen LogP contribution in [0.4, 0.5) is 5.69 Å². The number of nitrogens with one attached hydrogen (secondary N) is 1. The van der Waals surface area contributed by atoms with E-state index in [1.54, 1.807) is 31.4 Å². The summed E-state index contributed by atoms with van der Waals surface area (Å²) in [7, 11) is 1.56. The number of methoxy groups -OCH3 is 1. The Morgan fingerprint density at radius 1 is 1.38 bits per heavy atom. The molecule has 1 heterocycles. The first kappa shape index (κ1) is 10.5. The average Bonchev–Trinajstić information content (AvgIpc) is 2.33. The summed E-state index contributed by atoms with van der Waals surface area (Å²) in [6, 6.07) is 7.08. The Morgan fingerprint density at radius 2 is 2.19 bits per heavy atom. The number of rotatable bonds is 2. The molecule has 1 aliphatic heterocycles. The van der Waals surface area contributed by atoms with Crippen molar-refractivity contribution in [2.24, 2.45) is 0 Å². The molecule has 0 unspecified atom stereocenters. The quantitative estimate of drug-likeness (QED) is 0.722. The van der Waals surface area contributed by atoms with Crippen LogP contribution in [0.5, 0.6) is 5.75 Å². The van der Waals surface area contributed by atoms with Crippen LogP contribution in [0.2, 0.25) is 0 Å². The largest absolute Gasteiger partial charge is 0.497 e. The lowest BCUT2D eigenvalue weighted by Gasteiger charge is -2.26. The molecule has 1 aromatic carbocycles. The molecular formula is C11H12N2O3. The zero-order valence-corrected chi connectivity index (χ0v) is 8.90. The van der Waals surface area contributed by atoms with Gasteiger partial charge in [-0.3, -0.25) is 9.59 Å². The number of hydrogen-bond acceptors (Lipinski definition) is 3. The fraction of sp³-hybridized carbons (Fsp3) is 0.273. The maximum atomic E-state index is 11.6. The van der Waals surface area contributed by atoms with Crippen LogP contribution in [0.15, 0.2) is 24.3 Å². The Kier molecular flexibility index (Phi) is 2.76. The molecule has 0 aromatic heterocycles. The molecule has 1 saturated heterocycles. The second-order valence-corrected chi connectivity index (χ2v) is 3.41. The first-order valence-corrected chi connectivity index (χ1v) is 4.96. The molecule has 84 valence electrons. The molecule has 2 rings (SSSR count). The Balaban J connectivity index is 2.28. The van der Waals surface area contributed by atoms with Gasteiger partial charge in [0.25, 0.3) is 0 Å². The third kappa shape index (κ3) is 1.84. The van der Waals surface area contributed by atoms with Crippen LogP contribution < -0.4 is 15.0 Å². The SMILES string of the molecule is COc1cccc(N2CCNC(=O)C2=O)c1. The van der Waals surface area contributed by atoms with Crippen LogP contribution in [0.1, 0.15) is 0 Å². The number of carbonyl (C=O) groups is 2. The molecule has 0 spiro atoms. The van der Waals surface area contributed by atoms with Crippen LogP contribution >= 0.6 is 0 Å². The molecule has 2 amide bonds. The molecule has 0 saturated carbocycles. The van der Waals surface area contributed by atoms with E-state index in [2.05, 4.69) is 5.32 Å². The van der Waals surface area contributed by atoms with E-state index in [4.69, 9.17) is 4.74 Å². The lowest BCUT2D eigenvalue weighted by molar-refractivity contribution is -0.138. The number of nitrogens with zero attached hydrogens (tertiary/aromatic N) is 1. The van der Waals surface area contributed by atoms with Gasteiger partial charge < -0.3 is 15.0 Å². The average molecular weight is 220 g/mol. The Morgan fingerprint density at radius 3 is 2.94 bits per heavy atom. The number of carbonyl (C=O) groups excluding carboxylic acids is 2. The number of benzene rings is 1. The van der Waals surface area contributed by atoms with E-state index in [-0.39, 0.29) is 0 Å². The molecule has 0 atom stereocenters. The summed E-state index contributed by atoms with van der Waals surface area (Å²) < 4.78 is 5.07. The van der Waals surface area contributed by atoms with Gasteiger partial charge >= 0.3 is 11.8 Å². The van der Waals surface area contributed by atoms with E-state index in [9.17, 15) is 9.59 Å². The van der Waals surface area contributed by atoms with Gasteiger partial charge in [-0.1, -0.05) is 6.07 Å². The topological polar surface area (TPSA) is 58.6 Å². The van der Waals surface area contributed by atoms with Crippen molar-refractivity contribution in [2.45, 2.75) is 0 Å². The van der Waals surface area contributed by atoms with Gasteiger partial charge in [-0.15, -0.1) is 0 Å². The van der Waals surface area contributed by atoms with Crippen LogP contribution in [0.25, 0.3) is 0 Å². The van der Waals surface area contributed by atoms with Crippen LogP contribution in [-0.2, 0) is 9.59 Å². The highest BCUT2D eigenvalue weighted by Crippen LogP contribution is 2.21. The zero-order valence-electron chi connectivity index (χ0n) is 8.90. The number of amides is 2. The molecule has 1 fully saturated rings. The minimum atomic E-state index is -0.561. The van der Waals surface area contributed by atoms with E-state index < -0.39 is 11.8 Å². The van der Waals surface area contributed by atoms with Gasteiger partial charge in [0.1, 0.15) is 5.75 Å². The first-order chi connectivity index (χ1) is 7.72. The number of ether oxygens (including phenoxy) is 1. The highest BCUT2D eigenvalue weighted by Gasteiger charge is 2.27. The van der Waals surface area contributed by atoms with Gasteiger partial charge in [0, 0.05) is 24.8 Å². The van der Waals surface area contributed by atoms with Gasteiger partial charge in [-0.05, 0) is 12.1 Å². The maximum absolute atomic E-state index is 11.6. The summed E-state index contributed by atoms with van der Waals surface area (Å²) in [5.41, 5.74) is 0.680. The van der Waals surface area contributed by atoms with Crippen molar-refractivity contribution in [2.75, 3.05) is 25.1 Å². The minimum Gasteiger partial charge on any atom is -0.497 e. The fourth-order valence-electron chi connectivity index (χ4n) is 1.61. The van der Waals surface area contributed by atoms with Crippen molar-refractivity contribution in [3.05, 3.63) is 24.3 Å². The van der Waals surface area contributed by atoms with Gasteiger partial charge in [0.15, 0.2) is 0 Å². The van der Waals surface area contributed by atoms with Crippen LogP contribution in [-0.4, -0.2) is 32.0 Å². The lowest BCUT2D eigenvalue weighted by Crippen LogP contribution is -2.52. The summed E-state index contributed by atoms with van der Waals surface area (Å²) in [5, 5.41) is 2.50. The maximum Gasteiger partial charge on any atom is 0.316 e. The molecule has 5 heteroatoms. The molecule has 1 N–H and O–H groups in total. The van der Waals surface area contributed by atoms with Crippen molar-refractivity contribution in [1.82, 2.24) is 5.32 Å². The van der Waals surface area contributed by atoms with Crippen LogP contribution in [0.3, 0.4) is 0 Å². The van der Waals surface area contributed by atoms with E-state index in [0.717, 1.165) is 0 Å². The van der Waals surface area contributed by atoms with Crippen molar-refractivity contribution in [1.29, 1.82) is 0 Å². The standard InChI is InChI=1S/C11H12N2O3/c1-16-9-4-2-3-8(7-9)13-6-5-12-10(14)11(13)15/h2-4,7H,5-6H2,1H3,(H,12,14). The molecule has 1 aliphatic rings. The van der Waals surface area contributed by atoms with Gasteiger partial charge in [0.05, 0.1) is 7.11 Å². The molecule has 0 bridgehead atoms. The molecule has 5 nitrogen and oxygen atoms in total. The first-order valence-electron chi connectivity index (χ1n) is 4.96. The van der Waals surface area contributed by atoms with E-state index in [1.807, 2.05) is 0 Å². The predicted octanol–water partition coefficient (Wildman–Crippen LogP) is 0.158. The summed E-state index contributed by atoms with van der Waals surface area (Å²) in [6.07, 6.45) is 0. The molecule has 1 aromatic rings. The van der Waals surface area contributed by atoms with Crippen LogP contribution in [0, 0.1) is 0 Å². The molecule has 0 aliphatic carbocycles. The van der Waals surface area contributed by atoms with E-state index >= 15 is 0 Å². The predicted molar refractivity (Wildman–Crippen MR) is 58.4 cm³/mol. The van der Waals surface area contributed by atoms with Crippen molar-refractivity contribution >= 4 is 17.5 Å². The normalized spacial score (nSPS) is 15.9. The summed E-state index contributed by atoms with van der Waals surface area (Å²) >= 11 is 0. The third-order valence-corrected chi connectivity index (χ3v) is 2.43. The second kappa shape index (κ2) is 4.22.